The maximum absolute atomic E-state index is 12.7. The van der Waals surface area contributed by atoms with Gasteiger partial charge in [-0.1, -0.05) is 6.07 Å². The highest BCUT2D eigenvalue weighted by atomic mass is 19.3. The molecule has 0 amide bonds. The van der Waals surface area contributed by atoms with Gasteiger partial charge in [-0.3, -0.25) is 9.88 Å². The van der Waals surface area contributed by atoms with E-state index in [0.717, 1.165) is 36.5 Å². The number of pyridine rings is 1. The molecule has 1 N–H and O–H groups in total. The molecule has 32 heavy (non-hydrogen) atoms. The summed E-state index contributed by atoms with van der Waals surface area (Å²) in [6.45, 7) is 5.61. The molecular weight excluding hydrogens is 416 g/mol. The largest absolute Gasteiger partial charge is 0.457 e. The zero-order valence-corrected chi connectivity index (χ0v) is 17.6. The first-order valence-electron chi connectivity index (χ1n) is 10.5. The Morgan fingerprint density at radius 3 is 2.91 bits per heavy atom. The molecule has 0 spiro atoms. The number of esters is 1. The molecule has 0 aliphatic carbocycles. The predicted molar refractivity (Wildman–Crippen MR) is 113 cm³/mol. The molecule has 1 aromatic carbocycles. The number of alkyl halides is 2. The van der Waals surface area contributed by atoms with E-state index in [9.17, 15) is 13.6 Å². The molecule has 2 aromatic heterocycles. The van der Waals surface area contributed by atoms with Crippen molar-refractivity contribution in [1.29, 1.82) is 0 Å². The van der Waals surface area contributed by atoms with Gasteiger partial charge in [0.25, 0.3) is 6.43 Å². The summed E-state index contributed by atoms with van der Waals surface area (Å²) in [5.74, 6) is -0.248. The second kappa shape index (κ2) is 8.40. The SMILES string of the molecule is Cc1c([C@@H]2CN(Cc3cn(-c4ccc(C(F)F)nc4)cn3)CCN2)ccc2c1COC2=O. The van der Waals surface area contributed by atoms with Crippen molar-refractivity contribution in [2.45, 2.75) is 32.5 Å². The maximum Gasteiger partial charge on any atom is 0.338 e. The average Bonchev–Trinajstić information content (AvgIpc) is 3.42. The highest BCUT2D eigenvalue weighted by Gasteiger charge is 2.28. The number of aromatic nitrogens is 3. The Morgan fingerprint density at radius 2 is 2.12 bits per heavy atom. The molecule has 3 aromatic rings. The molecule has 7 nitrogen and oxygen atoms in total. The fraction of sp³-hybridized carbons (Fsp3) is 0.348. The van der Waals surface area contributed by atoms with Crippen LogP contribution in [0.3, 0.4) is 0 Å². The minimum absolute atomic E-state index is 0.151. The van der Waals surface area contributed by atoms with E-state index >= 15 is 0 Å². The number of halogens is 2. The molecule has 5 rings (SSSR count). The standard InChI is InChI=1S/C23H23F2N5O2/c1-14-17(3-4-18-19(14)12-32-23(18)31)21-11-29(7-6-26-21)9-15-10-30(13-28-15)16-2-5-20(22(24)25)27-8-16/h2-5,8,10,13,21-22,26H,6-7,9,11-12H2,1H3/t21-/m0/s1. The number of carbonyl (C=O) groups is 1. The summed E-state index contributed by atoms with van der Waals surface area (Å²) in [7, 11) is 0. The predicted octanol–water partition coefficient (Wildman–Crippen LogP) is 3.33. The molecule has 1 saturated heterocycles. The number of rotatable bonds is 5. The van der Waals surface area contributed by atoms with E-state index in [1.807, 2.05) is 25.3 Å². The van der Waals surface area contributed by atoms with E-state index in [0.29, 0.717) is 24.4 Å². The van der Waals surface area contributed by atoms with E-state index in [1.54, 1.807) is 17.0 Å². The minimum atomic E-state index is -2.58. The first-order valence-corrected chi connectivity index (χ1v) is 10.5. The molecule has 2 aliphatic heterocycles. The highest BCUT2D eigenvalue weighted by Crippen LogP contribution is 2.30. The van der Waals surface area contributed by atoms with Crippen molar-refractivity contribution >= 4 is 5.97 Å². The fourth-order valence-corrected chi connectivity index (χ4v) is 4.40. The molecule has 0 unspecified atom stereocenters. The lowest BCUT2D eigenvalue weighted by molar-refractivity contribution is 0.0535. The van der Waals surface area contributed by atoms with E-state index in [2.05, 4.69) is 20.2 Å². The average molecular weight is 439 g/mol. The van der Waals surface area contributed by atoms with Crippen molar-refractivity contribution < 1.29 is 18.3 Å². The van der Waals surface area contributed by atoms with Gasteiger partial charge in [0.1, 0.15) is 12.3 Å². The van der Waals surface area contributed by atoms with Gasteiger partial charge in [-0.25, -0.2) is 18.6 Å². The number of nitrogens with zero attached hydrogens (tertiary/aromatic N) is 4. The zero-order chi connectivity index (χ0) is 22.2. The Kier molecular flexibility index (Phi) is 5.44. The third kappa shape index (κ3) is 3.89. The van der Waals surface area contributed by atoms with Crippen molar-refractivity contribution in [3.63, 3.8) is 0 Å². The van der Waals surface area contributed by atoms with Crippen molar-refractivity contribution in [3.8, 4) is 5.69 Å². The summed E-state index contributed by atoms with van der Waals surface area (Å²) < 4.78 is 32.4. The second-order valence-electron chi connectivity index (χ2n) is 8.14. The zero-order valence-electron chi connectivity index (χ0n) is 17.6. The number of nitrogens with one attached hydrogen (secondary N) is 1. The van der Waals surface area contributed by atoms with Gasteiger partial charge in [0.2, 0.25) is 0 Å². The second-order valence-corrected chi connectivity index (χ2v) is 8.14. The Labute approximate surface area is 184 Å². The van der Waals surface area contributed by atoms with E-state index in [-0.39, 0.29) is 17.7 Å². The summed E-state index contributed by atoms with van der Waals surface area (Å²) in [5.41, 5.74) is 5.29. The fourth-order valence-electron chi connectivity index (χ4n) is 4.40. The number of ether oxygens (including phenoxy) is 1. The third-order valence-electron chi connectivity index (χ3n) is 6.16. The van der Waals surface area contributed by atoms with Crippen LogP contribution in [0.4, 0.5) is 8.78 Å². The number of hydrogen-bond donors (Lipinski definition) is 1. The van der Waals surface area contributed by atoms with Gasteiger partial charge in [-0.05, 0) is 36.2 Å². The summed E-state index contributed by atoms with van der Waals surface area (Å²) in [5, 5.41) is 3.58. The molecule has 9 heteroatoms. The van der Waals surface area contributed by atoms with Crippen LogP contribution in [-0.2, 0) is 17.9 Å². The monoisotopic (exact) mass is 439 g/mol. The van der Waals surface area contributed by atoms with Crippen LogP contribution in [-0.4, -0.2) is 45.0 Å². The first-order chi connectivity index (χ1) is 15.5. The lowest BCUT2D eigenvalue weighted by Crippen LogP contribution is -2.45. The van der Waals surface area contributed by atoms with Crippen molar-refractivity contribution in [1.82, 2.24) is 24.8 Å². The molecule has 4 heterocycles. The number of cyclic esters (lactones) is 1. The van der Waals surface area contributed by atoms with Crippen molar-refractivity contribution in [2.24, 2.45) is 0 Å². The molecule has 2 aliphatic rings. The van der Waals surface area contributed by atoms with Crippen LogP contribution in [0.1, 0.15) is 50.9 Å². The Balaban J connectivity index is 1.28. The number of hydrogen-bond acceptors (Lipinski definition) is 6. The van der Waals surface area contributed by atoms with Gasteiger partial charge in [0, 0.05) is 44.0 Å². The summed E-state index contributed by atoms with van der Waals surface area (Å²) >= 11 is 0. The van der Waals surface area contributed by atoms with Crippen LogP contribution < -0.4 is 5.32 Å². The Hall–Kier alpha value is -3.17. The number of carbonyl (C=O) groups excluding carboxylic acids is 1. The van der Waals surface area contributed by atoms with Crippen LogP contribution in [0.15, 0.2) is 43.0 Å². The van der Waals surface area contributed by atoms with Crippen LogP contribution in [0.2, 0.25) is 0 Å². The quantitative estimate of drug-likeness (QED) is 0.615. The van der Waals surface area contributed by atoms with Crippen LogP contribution in [0, 0.1) is 6.92 Å². The van der Waals surface area contributed by atoms with Crippen LogP contribution in [0.5, 0.6) is 0 Å². The van der Waals surface area contributed by atoms with Crippen molar-refractivity contribution in [2.75, 3.05) is 19.6 Å². The van der Waals surface area contributed by atoms with Crippen molar-refractivity contribution in [3.05, 3.63) is 76.6 Å². The lowest BCUT2D eigenvalue weighted by atomic mass is 9.93. The number of fused-ring (bicyclic) bond motifs is 1. The van der Waals surface area contributed by atoms with Gasteiger partial charge in [0.15, 0.2) is 0 Å². The molecule has 0 saturated carbocycles. The third-order valence-corrected chi connectivity index (χ3v) is 6.16. The lowest BCUT2D eigenvalue weighted by Gasteiger charge is -2.34. The van der Waals surface area contributed by atoms with E-state index in [1.165, 1.54) is 17.8 Å². The van der Waals surface area contributed by atoms with E-state index in [4.69, 9.17) is 4.74 Å². The maximum atomic E-state index is 12.7. The summed E-state index contributed by atoms with van der Waals surface area (Å²) in [4.78, 5) is 22.5. The molecule has 1 fully saturated rings. The molecular formula is C23H23F2N5O2. The normalized spacial score (nSPS) is 18.8. The number of imidazole rings is 1. The Bertz CT molecular complexity index is 1150. The van der Waals surface area contributed by atoms with Crippen LogP contribution >= 0.6 is 0 Å². The number of piperazine rings is 1. The summed E-state index contributed by atoms with van der Waals surface area (Å²) in [6.07, 6.45) is 2.43. The minimum Gasteiger partial charge on any atom is -0.457 e. The van der Waals surface area contributed by atoms with Gasteiger partial charge in [-0.2, -0.15) is 0 Å². The topological polar surface area (TPSA) is 72.3 Å². The van der Waals surface area contributed by atoms with Crippen LogP contribution in [0.25, 0.3) is 5.69 Å². The van der Waals surface area contributed by atoms with Gasteiger partial charge >= 0.3 is 5.97 Å². The van der Waals surface area contributed by atoms with Gasteiger partial charge < -0.3 is 14.6 Å². The smallest absolute Gasteiger partial charge is 0.338 e. The van der Waals surface area contributed by atoms with Gasteiger partial charge in [-0.15, -0.1) is 0 Å². The molecule has 0 radical (unpaired) electrons. The molecule has 166 valence electrons. The number of benzene rings is 1. The molecule has 0 bridgehead atoms. The van der Waals surface area contributed by atoms with E-state index < -0.39 is 6.43 Å². The first kappa shape index (κ1) is 20.7. The summed E-state index contributed by atoms with van der Waals surface area (Å²) in [6, 6.07) is 6.98. The Morgan fingerprint density at radius 1 is 1.25 bits per heavy atom. The highest BCUT2D eigenvalue weighted by molar-refractivity contribution is 5.94. The van der Waals surface area contributed by atoms with Gasteiger partial charge in [0.05, 0.1) is 29.5 Å². The molecule has 1 atom stereocenters.